The van der Waals surface area contributed by atoms with Gasteiger partial charge in [-0.05, 0) is 24.3 Å². The summed E-state index contributed by atoms with van der Waals surface area (Å²) in [6.07, 6.45) is 1.42. The number of ether oxygens (including phenoxy) is 1. The van der Waals surface area contributed by atoms with Gasteiger partial charge < -0.3 is 4.74 Å². The average molecular weight is 280 g/mol. The number of benzene rings is 2. The van der Waals surface area contributed by atoms with E-state index in [4.69, 9.17) is 4.74 Å². The molecule has 104 valence electrons. The number of carbonyl (C=O) groups excluding carboxylic acids is 1. The molecule has 1 aromatic heterocycles. The maximum Gasteiger partial charge on any atom is 0.339 e. The maximum atomic E-state index is 12.6. The van der Waals surface area contributed by atoms with E-state index in [1.165, 1.54) is 18.0 Å². The molecule has 0 atom stereocenters. The minimum Gasteiger partial charge on any atom is -0.465 e. The lowest BCUT2D eigenvalue weighted by atomic mass is 10.1. The van der Waals surface area contributed by atoms with Gasteiger partial charge in [0, 0.05) is 0 Å². The number of hydrogen-bond acceptors (Lipinski definition) is 4. The molecule has 0 fully saturated rings. The molecule has 3 aromatic rings. The van der Waals surface area contributed by atoms with Gasteiger partial charge in [0.15, 0.2) is 0 Å². The van der Waals surface area contributed by atoms with Gasteiger partial charge in [-0.25, -0.2) is 9.78 Å². The fraction of sp³-hybridized carbons (Fsp3) is 0.0625. The molecule has 3 rings (SSSR count). The molecule has 0 bridgehead atoms. The van der Waals surface area contributed by atoms with Gasteiger partial charge >= 0.3 is 5.97 Å². The van der Waals surface area contributed by atoms with Crippen molar-refractivity contribution in [1.82, 2.24) is 9.55 Å². The lowest BCUT2D eigenvalue weighted by Gasteiger charge is -2.10. The molecule has 0 aliphatic rings. The van der Waals surface area contributed by atoms with Crippen LogP contribution in [-0.2, 0) is 4.74 Å². The van der Waals surface area contributed by atoms with Crippen molar-refractivity contribution in [1.29, 1.82) is 0 Å². The Hall–Kier alpha value is -2.95. The Morgan fingerprint density at radius 2 is 1.81 bits per heavy atom. The fourth-order valence-corrected chi connectivity index (χ4v) is 2.21. The molecule has 0 unspecified atom stereocenters. The Morgan fingerprint density at radius 1 is 1.10 bits per heavy atom. The summed E-state index contributed by atoms with van der Waals surface area (Å²) in [5, 5.41) is 0.500. The van der Waals surface area contributed by atoms with E-state index in [9.17, 15) is 9.59 Å². The lowest BCUT2D eigenvalue weighted by Crippen LogP contribution is -2.21. The van der Waals surface area contributed by atoms with Gasteiger partial charge in [0.1, 0.15) is 6.33 Å². The van der Waals surface area contributed by atoms with Gasteiger partial charge in [-0.2, -0.15) is 0 Å². The predicted octanol–water partition coefficient (Wildman–Crippen LogP) is 2.17. The van der Waals surface area contributed by atoms with Crippen LogP contribution in [0, 0.1) is 0 Å². The summed E-state index contributed by atoms with van der Waals surface area (Å²) in [5.74, 6) is -0.495. The fourth-order valence-electron chi connectivity index (χ4n) is 2.21. The monoisotopic (exact) mass is 280 g/mol. The molecule has 0 radical (unpaired) electrons. The Balaban J connectivity index is 2.29. The van der Waals surface area contributed by atoms with Crippen LogP contribution in [-0.4, -0.2) is 22.6 Å². The van der Waals surface area contributed by atoms with Crippen LogP contribution in [0.1, 0.15) is 10.4 Å². The van der Waals surface area contributed by atoms with E-state index in [0.29, 0.717) is 22.2 Å². The van der Waals surface area contributed by atoms with Gasteiger partial charge in [0.25, 0.3) is 5.56 Å². The molecule has 2 aromatic carbocycles. The summed E-state index contributed by atoms with van der Waals surface area (Å²) in [7, 11) is 1.31. The Kier molecular flexibility index (Phi) is 3.23. The number of fused-ring (bicyclic) bond motifs is 1. The lowest BCUT2D eigenvalue weighted by molar-refractivity contribution is 0.0600. The number of methoxy groups -OCH3 is 1. The Bertz CT molecular complexity index is 884. The summed E-state index contributed by atoms with van der Waals surface area (Å²) in [5.41, 5.74) is 1.16. The summed E-state index contributed by atoms with van der Waals surface area (Å²) in [6, 6.07) is 13.9. The number of para-hydroxylation sites is 2. The zero-order valence-electron chi connectivity index (χ0n) is 11.3. The van der Waals surface area contributed by atoms with Crippen molar-refractivity contribution in [2.45, 2.75) is 0 Å². The first-order chi connectivity index (χ1) is 10.2. The number of hydrogen-bond donors (Lipinski definition) is 0. The second-order valence-electron chi connectivity index (χ2n) is 4.45. The van der Waals surface area contributed by atoms with Gasteiger partial charge in [-0.1, -0.05) is 24.3 Å². The van der Waals surface area contributed by atoms with Crippen LogP contribution < -0.4 is 5.56 Å². The molecule has 5 heteroatoms. The summed E-state index contributed by atoms with van der Waals surface area (Å²) in [4.78, 5) is 28.6. The highest BCUT2D eigenvalue weighted by atomic mass is 16.5. The van der Waals surface area contributed by atoms with Gasteiger partial charge in [0.2, 0.25) is 0 Å². The largest absolute Gasteiger partial charge is 0.465 e. The van der Waals surface area contributed by atoms with E-state index in [-0.39, 0.29) is 5.56 Å². The third kappa shape index (κ3) is 2.18. The molecule has 5 nitrogen and oxygen atoms in total. The Morgan fingerprint density at radius 3 is 2.62 bits per heavy atom. The van der Waals surface area contributed by atoms with E-state index in [0.717, 1.165) is 0 Å². The minimum atomic E-state index is -0.495. The van der Waals surface area contributed by atoms with E-state index in [1.54, 1.807) is 42.5 Å². The van der Waals surface area contributed by atoms with Crippen molar-refractivity contribution in [2.24, 2.45) is 0 Å². The molecule has 0 saturated heterocycles. The van der Waals surface area contributed by atoms with E-state index < -0.39 is 5.97 Å². The minimum absolute atomic E-state index is 0.225. The van der Waals surface area contributed by atoms with Gasteiger partial charge in [-0.3, -0.25) is 9.36 Å². The molecule has 0 N–H and O–H groups in total. The van der Waals surface area contributed by atoms with Crippen molar-refractivity contribution in [3.8, 4) is 5.69 Å². The van der Waals surface area contributed by atoms with Gasteiger partial charge in [-0.15, -0.1) is 0 Å². The van der Waals surface area contributed by atoms with Crippen molar-refractivity contribution in [2.75, 3.05) is 7.11 Å². The van der Waals surface area contributed by atoms with Crippen molar-refractivity contribution in [3.63, 3.8) is 0 Å². The van der Waals surface area contributed by atoms with Crippen LogP contribution in [0.5, 0.6) is 0 Å². The normalized spacial score (nSPS) is 10.5. The van der Waals surface area contributed by atoms with E-state index >= 15 is 0 Å². The molecule has 0 amide bonds. The van der Waals surface area contributed by atoms with Crippen molar-refractivity contribution in [3.05, 3.63) is 70.8 Å². The summed E-state index contributed by atoms with van der Waals surface area (Å²) < 4.78 is 6.11. The Labute approximate surface area is 120 Å². The number of nitrogens with zero attached hydrogens (tertiary/aromatic N) is 2. The second kappa shape index (κ2) is 5.20. The highest BCUT2D eigenvalue weighted by molar-refractivity contribution is 5.93. The van der Waals surface area contributed by atoms with Crippen LogP contribution in [0.3, 0.4) is 0 Å². The van der Waals surface area contributed by atoms with Crippen molar-refractivity contribution >= 4 is 16.9 Å². The third-order valence-electron chi connectivity index (χ3n) is 3.23. The molecule has 0 saturated carbocycles. The van der Waals surface area contributed by atoms with E-state index in [2.05, 4.69) is 4.98 Å². The quantitative estimate of drug-likeness (QED) is 0.675. The number of esters is 1. The standard InChI is InChI=1S/C16H12N2O3/c1-21-16(20)12-7-3-5-9-14(12)18-10-17-13-8-4-2-6-11(13)15(18)19/h2-10H,1H3. The molecule has 0 aliphatic heterocycles. The van der Waals surface area contributed by atoms with Crippen LogP contribution in [0.15, 0.2) is 59.7 Å². The number of aromatic nitrogens is 2. The second-order valence-corrected chi connectivity index (χ2v) is 4.45. The molecule has 21 heavy (non-hydrogen) atoms. The number of carbonyl (C=O) groups is 1. The predicted molar refractivity (Wildman–Crippen MR) is 78.7 cm³/mol. The topological polar surface area (TPSA) is 61.2 Å². The zero-order valence-corrected chi connectivity index (χ0v) is 11.3. The SMILES string of the molecule is COC(=O)c1ccccc1-n1cnc2ccccc2c1=O. The molecular formula is C16H12N2O3. The first-order valence-corrected chi connectivity index (χ1v) is 6.36. The van der Waals surface area contributed by atoms with Gasteiger partial charge in [0.05, 0.1) is 29.3 Å². The maximum absolute atomic E-state index is 12.6. The average Bonchev–Trinajstić information content (AvgIpc) is 2.55. The van der Waals surface area contributed by atoms with Crippen LogP contribution in [0.4, 0.5) is 0 Å². The highest BCUT2D eigenvalue weighted by Gasteiger charge is 2.14. The zero-order chi connectivity index (χ0) is 14.8. The highest BCUT2D eigenvalue weighted by Crippen LogP contribution is 2.15. The van der Waals surface area contributed by atoms with Crippen LogP contribution >= 0.6 is 0 Å². The smallest absolute Gasteiger partial charge is 0.339 e. The number of rotatable bonds is 2. The van der Waals surface area contributed by atoms with Crippen molar-refractivity contribution < 1.29 is 9.53 Å². The van der Waals surface area contributed by atoms with Crippen LogP contribution in [0.25, 0.3) is 16.6 Å². The first kappa shape index (κ1) is 13.1. The first-order valence-electron chi connectivity index (χ1n) is 6.36. The summed E-state index contributed by atoms with van der Waals surface area (Å²) in [6.45, 7) is 0. The molecule has 0 aliphatic carbocycles. The molecule has 1 heterocycles. The molecule has 0 spiro atoms. The van der Waals surface area contributed by atoms with Crippen LogP contribution in [0.2, 0.25) is 0 Å². The molecular weight excluding hydrogens is 268 g/mol. The van der Waals surface area contributed by atoms with E-state index in [1.807, 2.05) is 6.07 Å². The third-order valence-corrected chi connectivity index (χ3v) is 3.23. The summed E-state index contributed by atoms with van der Waals surface area (Å²) >= 11 is 0.